The molecular weight excluding hydrogens is 412 g/mol. The fraction of sp³-hybridized carbons (Fsp3) is 0.724. The van der Waals surface area contributed by atoms with Crippen molar-refractivity contribution in [3.05, 3.63) is 44.3 Å². The molecule has 0 unspecified atom stereocenters. The molecular formula is C29H50S2. The minimum atomic E-state index is 1.29. The Labute approximate surface area is 202 Å². The quantitative estimate of drug-likeness (QED) is 0.193. The highest BCUT2D eigenvalue weighted by Crippen LogP contribution is 2.17. The molecule has 0 bridgehead atoms. The average Bonchev–Trinajstić information content (AvgIpc) is 3.44. The van der Waals surface area contributed by atoms with E-state index in [1.54, 1.807) is 5.56 Å². The molecule has 2 rings (SSSR count). The van der Waals surface area contributed by atoms with Crippen LogP contribution in [0.15, 0.2) is 28.3 Å². The first-order valence-electron chi connectivity index (χ1n) is 13.3. The Morgan fingerprint density at radius 2 is 1.06 bits per heavy atom. The van der Waals surface area contributed by atoms with Gasteiger partial charge in [-0.05, 0) is 72.0 Å². The molecule has 2 heterocycles. The van der Waals surface area contributed by atoms with Crippen LogP contribution in [-0.4, -0.2) is 0 Å². The third kappa shape index (κ3) is 17.6. The molecule has 0 aliphatic carbocycles. The Morgan fingerprint density at radius 3 is 1.48 bits per heavy atom. The lowest BCUT2D eigenvalue weighted by molar-refractivity contribution is 0.575. The van der Waals surface area contributed by atoms with Crippen molar-refractivity contribution in [3.8, 4) is 0 Å². The maximum Gasteiger partial charge on any atom is 0.00170 e. The van der Waals surface area contributed by atoms with Gasteiger partial charge < -0.3 is 0 Å². The molecule has 0 aliphatic rings. The SMILES string of the molecule is CCCCCCCCCCc1ccsc1.CCCCCCCCCCc1csc(C)c1. The molecule has 0 atom stereocenters. The Kier molecular flexibility index (Phi) is 19.5. The molecule has 0 N–H and O–H groups in total. The van der Waals surface area contributed by atoms with Crippen LogP contribution < -0.4 is 0 Å². The molecule has 0 radical (unpaired) electrons. The summed E-state index contributed by atoms with van der Waals surface area (Å²) in [7, 11) is 0. The summed E-state index contributed by atoms with van der Waals surface area (Å²) in [6, 6.07) is 4.60. The summed E-state index contributed by atoms with van der Waals surface area (Å²) in [6.07, 6.45) is 25.3. The number of aryl methyl sites for hydroxylation is 3. The van der Waals surface area contributed by atoms with Crippen molar-refractivity contribution in [3.63, 3.8) is 0 Å². The highest BCUT2D eigenvalue weighted by atomic mass is 32.1. The van der Waals surface area contributed by atoms with Crippen molar-refractivity contribution in [2.75, 3.05) is 0 Å². The van der Waals surface area contributed by atoms with Gasteiger partial charge in [0.1, 0.15) is 0 Å². The van der Waals surface area contributed by atoms with Gasteiger partial charge in [-0.1, -0.05) is 104 Å². The minimum Gasteiger partial charge on any atom is -0.152 e. The summed E-state index contributed by atoms with van der Waals surface area (Å²) in [4.78, 5) is 1.45. The second-order valence-corrected chi connectivity index (χ2v) is 11.0. The van der Waals surface area contributed by atoms with E-state index < -0.39 is 0 Å². The van der Waals surface area contributed by atoms with Crippen LogP contribution in [0.1, 0.15) is 133 Å². The number of hydrogen-bond acceptors (Lipinski definition) is 2. The summed E-state index contributed by atoms with van der Waals surface area (Å²) in [5, 5.41) is 6.78. The molecule has 2 heteroatoms. The smallest absolute Gasteiger partial charge is 0.00170 e. The zero-order valence-electron chi connectivity index (χ0n) is 20.9. The molecule has 31 heavy (non-hydrogen) atoms. The summed E-state index contributed by atoms with van der Waals surface area (Å²) < 4.78 is 0. The van der Waals surface area contributed by atoms with Crippen molar-refractivity contribution in [1.82, 2.24) is 0 Å². The van der Waals surface area contributed by atoms with Gasteiger partial charge in [-0.15, -0.1) is 11.3 Å². The van der Waals surface area contributed by atoms with E-state index in [1.165, 1.54) is 126 Å². The molecule has 0 nitrogen and oxygen atoms in total. The van der Waals surface area contributed by atoms with Crippen LogP contribution in [0.3, 0.4) is 0 Å². The topological polar surface area (TPSA) is 0 Å². The number of rotatable bonds is 18. The van der Waals surface area contributed by atoms with Gasteiger partial charge in [0.25, 0.3) is 0 Å². The normalized spacial score (nSPS) is 10.8. The highest BCUT2D eigenvalue weighted by Gasteiger charge is 1.97. The first kappa shape index (κ1) is 28.4. The molecule has 0 spiro atoms. The summed E-state index contributed by atoms with van der Waals surface area (Å²) in [5.74, 6) is 0. The third-order valence-electron chi connectivity index (χ3n) is 6.00. The van der Waals surface area contributed by atoms with E-state index in [0.717, 1.165) is 0 Å². The Bertz CT molecular complexity index is 582. The molecule has 0 aromatic carbocycles. The summed E-state index contributed by atoms with van der Waals surface area (Å²) in [6.45, 7) is 6.76. The van der Waals surface area contributed by atoms with E-state index in [4.69, 9.17) is 0 Å². The van der Waals surface area contributed by atoms with Crippen molar-refractivity contribution >= 4 is 22.7 Å². The fourth-order valence-corrected chi connectivity index (χ4v) is 5.44. The fourth-order valence-electron chi connectivity index (χ4n) is 3.99. The Hall–Kier alpha value is -0.600. The maximum absolute atomic E-state index is 2.34. The maximum atomic E-state index is 2.34. The molecule has 0 aliphatic heterocycles. The molecule has 2 aromatic heterocycles. The molecule has 2 aromatic rings. The van der Waals surface area contributed by atoms with Gasteiger partial charge in [0, 0.05) is 4.88 Å². The Morgan fingerprint density at radius 1 is 0.581 bits per heavy atom. The van der Waals surface area contributed by atoms with E-state index in [0.29, 0.717) is 0 Å². The van der Waals surface area contributed by atoms with Crippen molar-refractivity contribution in [2.45, 2.75) is 136 Å². The number of hydrogen-bond donors (Lipinski definition) is 0. The van der Waals surface area contributed by atoms with Gasteiger partial charge in [0.2, 0.25) is 0 Å². The number of thiophene rings is 2. The van der Waals surface area contributed by atoms with E-state index >= 15 is 0 Å². The van der Waals surface area contributed by atoms with Crippen LogP contribution in [0.2, 0.25) is 0 Å². The highest BCUT2D eigenvalue weighted by molar-refractivity contribution is 7.10. The molecule has 178 valence electrons. The zero-order valence-corrected chi connectivity index (χ0v) is 22.6. The van der Waals surface area contributed by atoms with Crippen molar-refractivity contribution in [1.29, 1.82) is 0 Å². The number of unbranched alkanes of at least 4 members (excludes halogenated alkanes) is 14. The van der Waals surface area contributed by atoms with Gasteiger partial charge in [-0.25, -0.2) is 0 Å². The second kappa shape index (κ2) is 21.3. The lowest BCUT2D eigenvalue weighted by Crippen LogP contribution is -1.84. The Balaban J connectivity index is 0.000000311. The predicted octanol–water partition coefficient (Wildman–Crippen LogP) is 11.2. The van der Waals surface area contributed by atoms with E-state index in [9.17, 15) is 0 Å². The van der Waals surface area contributed by atoms with Gasteiger partial charge in [0.15, 0.2) is 0 Å². The summed E-state index contributed by atoms with van der Waals surface area (Å²) in [5.41, 5.74) is 3.08. The molecule has 0 amide bonds. The third-order valence-corrected chi connectivity index (χ3v) is 7.65. The average molecular weight is 463 g/mol. The monoisotopic (exact) mass is 462 g/mol. The van der Waals surface area contributed by atoms with Crippen LogP contribution in [0.25, 0.3) is 0 Å². The molecule has 0 saturated heterocycles. The van der Waals surface area contributed by atoms with Crippen LogP contribution >= 0.6 is 22.7 Å². The second-order valence-electron chi connectivity index (χ2n) is 9.15. The minimum absolute atomic E-state index is 1.29. The van der Waals surface area contributed by atoms with Crippen LogP contribution in [-0.2, 0) is 12.8 Å². The molecule has 0 saturated carbocycles. The molecule has 0 fully saturated rings. The lowest BCUT2D eigenvalue weighted by Gasteiger charge is -2.00. The predicted molar refractivity (Wildman–Crippen MR) is 146 cm³/mol. The standard InChI is InChI=1S/C15H26S.C14H24S/c1-3-4-5-6-7-8-9-10-11-15-12-14(2)16-13-15;1-2-3-4-5-6-7-8-9-10-14-11-12-15-13-14/h12-13H,3-11H2,1-2H3;11-13H,2-10H2,1H3. The van der Waals surface area contributed by atoms with Crippen LogP contribution in [0.5, 0.6) is 0 Å². The largest absolute Gasteiger partial charge is 0.152 e. The van der Waals surface area contributed by atoms with Gasteiger partial charge in [-0.3, -0.25) is 0 Å². The first-order chi connectivity index (χ1) is 15.3. The van der Waals surface area contributed by atoms with E-state index in [2.05, 4.69) is 49.0 Å². The van der Waals surface area contributed by atoms with Crippen molar-refractivity contribution < 1.29 is 0 Å². The van der Waals surface area contributed by atoms with Crippen molar-refractivity contribution in [2.24, 2.45) is 0 Å². The van der Waals surface area contributed by atoms with Gasteiger partial charge in [-0.2, -0.15) is 11.3 Å². The van der Waals surface area contributed by atoms with Crippen LogP contribution in [0.4, 0.5) is 0 Å². The van der Waals surface area contributed by atoms with E-state index in [-0.39, 0.29) is 0 Å². The van der Waals surface area contributed by atoms with E-state index in [1.807, 2.05) is 22.7 Å². The zero-order chi connectivity index (χ0) is 22.4. The van der Waals surface area contributed by atoms with Gasteiger partial charge in [0.05, 0.1) is 0 Å². The first-order valence-corrected chi connectivity index (χ1v) is 15.1. The van der Waals surface area contributed by atoms with Gasteiger partial charge >= 0.3 is 0 Å². The summed E-state index contributed by atoms with van der Waals surface area (Å²) >= 11 is 3.70. The van der Waals surface area contributed by atoms with Crippen LogP contribution in [0, 0.1) is 6.92 Å². The lowest BCUT2D eigenvalue weighted by atomic mass is 10.1.